The molecule has 2 N–H and O–H groups in total. The van der Waals surface area contributed by atoms with Crippen molar-refractivity contribution in [1.29, 1.82) is 0 Å². The van der Waals surface area contributed by atoms with Crippen molar-refractivity contribution < 1.29 is 22.0 Å². The van der Waals surface area contributed by atoms with Crippen LogP contribution < -0.4 is 3.68 Å². The minimum atomic E-state index is -1.04. The Labute approximate surface area is 35.3 Å². The second kappa shape index (κ2) is 2.10. The van der Waals surface area contributed by atoms with Crippen molar-refractivity contribution in [3.63, 3.8) is 0 Å². The predicted molar refractivity (Wildman–Crippen MR) is 15.9 cm³/mol. The monoisotopic (exact) mass is 136 g/mol. The molecule has 0 spiro atoms. The van der Waals surface area contributed by atoms with Gasteiger partial charge in [0.2, 0.25) is 0 Å². The van der Waals surface area contributed by atoms with Gasteiger partial charge in [-0.15, -0.1) is 0 Å². The number of nitrogens with two attached hydrogens (primary N) is 1. The molecule has 0 aromatic heterocycles. The molecule has 0 amide bonds. The van der Waals surface area contributed by atoms with Gasteiger partial charge >= 0.3 is 35.0 Å². The van der Waals surface area contributed by atoms with Gasteiger partial charge < -0.3 is 0 Å². The first kappa shape index (κ1) is 4.84. The Morgan fingerprint density at radius 3 is 1.50 bits per heavy atom. The molecular formula is C2H8NZr. The molecule has 0 atom stereocenters. The van der Waals surface area contributed by atoms with Gasteiger partial charge in [-0.3, -0.25) is 0 Å². The molecule has 0 radical (unpaired) electrons. The van der Waals surface area contributed by atoms with E-state index in [0.717, 1.165) is 0 Å². The Morgan fingerprint density at radius 1 is 1.50 bits per heavy atom. The van der Waals surface area contributed by atoms with Crippen LogP contribution in [0.4, 0.5) is 0 Å². The second-order valence-electron chi connectivity index (χ2n) is 1.08. The van der Waals surface area contributed by atoms with Crippen LogP contribution in [0, 0.1) is 0 Å². The van der Waals surface area contributed by atoms with E-state index >= 15 is 0 Å². The fraction of sp³-hybridized carbons (Fsp3) is 1.00. The van der Waals surface area contributed by atoms with Gasteiger partial charge in [0.1, 0.15) is 0 Å². The summed E-state index contributed by atoms with van der Waals surface area (Å²) in [5, 5.41) is 0. The topological polar surface area (TPSA) is 26.0 Å². The standard InChI is InChI=1S/2CH3.H2N.Zr/h2*1H3;1H2;/q;;-1;+1. The molecule has 0 bridgehead atoms. The normalized spacial score (nSPS) is 6.75. The minimum absolute atomic E-state index is 1.04. The zero-order valence-corrected chi connectivity index (χ0v) is 5.54. The van der Waals surface area contributed by atoms with E-state index in [1.807, 2.05) is 0 Å². The van der Waals surface area contributed by atoms with Crippen LogP contribution in [0.1, 0.15) is 0 Å². The number of hydrogen-bond acceptors (Lipinski definition) is 1. The van der Waals surface area contributed by atoms with Crippen LogP contribution in [0.15, 0.2) is 0 Å². The maximum atomic E-state index is 5.31. The molecule has 0 unspecified atom stereocenters. The fourth-order valence-electron chi connectivity index (χ4n) is 0. The summed E-state index contributed by atoms with van der Waals surface area (Å²) in [5.74, 6) is 0. The van der Waals surface area contributed by atoms with Gasteiger partial charge in [-0.05, 0) is 0 Å². The van der Waals surface area contributed by atoms with Crippen LogP contribution in [-0.4, -0.2) is 0 Å². The van der Waals surface area contributed by atoms with E-state index in [1.165, 1.54) is 0 Å². The molecular weight excluding hydrogens is 129 g/mol. The molecule has 25 valence electrons. The number of hydrogen-bond donors (Lipinski definition) is 1. The van der Waals surface area contributed by atoms with Gasteiger partial charge in [-0.25, -0.2) is 0 Å². The first-order valence-corrected chi connectivity index (χ1v) is 7.62. The zero-order chi connectivity index (χ0) is 3.58. The summed E-state index contributed by atoms with van der Waals surface area (Å²) < 4.78 is 9.59. The van der Waals surface area contributed by atoms with E-state index in [2.05, 4.69) is 9.26 Å². The molecule has 0 rings (SSSR count). The van der Waals surface area contributed by atoms with Crippen molar-refractivity contribution in [1.82, 2.24) is 0 Å². The van der Waals surface area contributed by atoms with Crippen molar-refractivity contribution >= 4 is 0 Å². The van der Waals surface area contributed by atoms with Gasteiger partial charge in [0.15, 0.2) is 0 Å². The Bertz CT molecular complexity index is 10.8. The molecule has 0 saturated carbocycles. The SMILES string of the molecule is [CH3][Zr]([CH3])[NH2]. The van der Waals surface area contributed by atoms with Crippen molar-refractivity contribution in [3.05, 3.63) is 0 Å². The van der Waals surface area contributed by atoms with Crippen LogP contribution in [0.3, 0.4) is 0 Å². The Hall–Kier alpha value is 0.843. The quantitative estimate of drug-likeness (QED) is 0.519. The van der Waals surface area contributed by atoms with E-state index < -0.39 is 22.0 Å². The average Bonchev–Trinajstić information content (AvgIpc) is 0.811. The van der Waals surface area contributed by atoms with Crippen LogP contribution in [0.2, 0.25) is 9.26 Å². The summed E-state index contributed by atoms with van der Waals surface area (Å²) in [6, 6.07) is 0. The van der Waals surface area contributed by atoms with Gasteiger partial charge in [-0.1, -0.05) is 0 Å². The van der Waals surface area contributed by atoms with Crippen molar-refractivity contribution in [2.24, 2.45) is 3.68 Å². The van der Waals surface area contributed by atoms with E-state index in [0.29, 0.717) is 0 Å². The molecule has 0 aromatic carbocycles. The van der Waals surface area contributed by atoms with Gasteiger partial charge in [-0.2, -0.15) is 0 Å². The summed E-state index contributed by atoms with van der Waals surface area (Å²) in [7, 11) is 0. The molecule has 4 heavy (non-hydrogen) atoms. The van der Waals surface area contributed by atoms with E-state index in [1.54, 1.807) is 0 Å². The third-order valence-electron chi connectivity index (χ3n) is 0. The summed E-state index contributed by atoms with van der Waals surface area (Å²) in [5.41, 5.74) is 0. The Kier molecular flexibility index (Phi) is 2.55. The zero-order valence-electron chi connectivity index (χ0n) is 3.08. The van der Waals surface area contributed by atoms with Crippen molar-refractivity contribution in [2.45, 2.75) is 9.26 Å². The van der Waals surface area contributed by atoms with Crippen LogP contribution in [-0.2, 0) is 22.0 Å². The molecule has 0 aromatic rings. The third-order valence-corrected chi connectivity index (χ3v) is 0. The molecule has 0 saturated heterocycles. The fourth-order valence-corrected chi connectivity index (χ4v) is 0. The maximum absolute atomic E-state index is 5.31. The van der Waals surface area contributed by atoms with Gasteiger partial charge in [0, 0.05) is 0 Å². The molecule has 0 aliphatic carbocycles. The Morgan fingerprint density at radius 2 is 1.50 bits per heavy atom. The molecule has 0 aliphatic heterocycles. The first-order chi connectivity index (χ1) is 1.73. The van der Waals surface area contributed by atoms with Crippen molar-refractivity contribution in [2.75, 3.05) is 0 Å². The number of rotatable bonds is 0. The molecule has 0 heterocycles. The van der Waals surface area contributed by atoms with Crippen molar-refractivity contribution in [3.8, 4) is 0 Å². The first-order valence-electron chi connectivity index (χ1n) is 1.29. The predicted octanol–water partition coefficient (Wildman–Crippen LogP) is 0.575. The Balaban J connectivity index is 2.32. The third kappa shape index (κ3) is 13.6. The molecule has 2 heteroatoms. The van der Waals surface area contributed by atoms with Gasteiger partial charge in [0.25, 0.3) is 0 Å². The molecule has 1 nitrogen and oxygen atoms in total. The van der Waals surface area contributed by atoms with Crippen LogP contribution in [0.25, 0.3) is 0 Å². The van der Waals surface area contributed by atoms with Crippen LogP contribution >= 0.6 is 0 Å². The summed E-state index contributed by atoms with van der Waals surface area (Å²) >= 11 is -1.04. The second-order valence-corrected chi connectivity index (χ2v) is 6.37. The molecule has 0 aliphatic rings. The average molecular weight is 137 g/mol. The van der Waals surface area contributed by atoms with E-state index in [4.69, 9.17) is 3.68 Å². The van der Waals surface area contributed by atoms with E-state index in [9.17, 15) is 0 Å². The van der Waals surface area contributed by atoms with Crippen LogP contribution in [0.5, 0.6) is 0 Å². The summed E-state index contributed by atoms with van der Waals surface area (Å²) in [6.07, 6.45) is 0. The summed E-state index contributed by atoms with van der Waals surface area (Å²) in [6.45, 7) is 0. The van der Waals surface area contributed by atoms with Gasteiger partial charge in [0.05, 0.1) is 0 Å². The summed E-state index contributed by atoms with van der Waals surface area (Å²) in [4.78, 5) is 0. The molecule has 0 fully saturated rings. The van der Waals surface area contributed by atoms with E-state index in [-0.39, 0.29) is 0 Å².